The Hall–Kier alpha value is -1.85. The fourth-order valence-electron chi connectivity index (χ4n) is 1.88. The van der Waals surface area contributed by atoms with Crippen molar-refractivity contribution >= 4 is 40.6 Å². The van der Waals surface area contributed by atoms with Gasteiger partial charge in [0.1, 0.15) is 17.3 Å². The second kappa shape index (κ2) is 7.62. The van der Waals surface area contributed by atoms with E-state index in [1.54, 1.807) is 31.2 Å². The van der Waals surface area contributed by atoms with Crippen LogP contribution in [-0.2, 0) is 0 Å². The second-order valence-electron chi connectivity index (χ2n) is 5.22. The van der Waals surface area contributed by atoms with E-state index in [-0.39, 0.29) is 17.6 Å². The Kier molecular flexibility index (Phi) is 5.80. The van der Waals surface area contributed by atoms with Crippen molar-refractivity contribution in [3.8, 4) is 0 Å². The van der Waals surface area contributed by atoms with Crippen LogP contribution in [0.15, 0.2) is 24.3 Å². The van der Waals surface area contributed by atoms with E-state index in [0.29, 0.717) is 27.4 Å². The first-order chi connectivity index (χ1) is 10.9. The number of anilines is 2. The number of nitrogens with one attached hydrogen (secondary N) is 2. The molecule has 2 rings (SSSR count). The van der Waals surface area contributed by atoms with E-state index in [1.165, 1.54) is 0 Å². The molecule has 0 fully saturated rings. The average Bonchev–Trinajstić information content (AvgIpc) is 2.50. The number of benzene rings is 1. The van der Waals surface area contributed by atoms with Crippen LogP contribution in [0.1, 0.15) is 36.6 Å². The zero-order valence-electron chi connectivity index (χ0n) is 13.2. The van der Waals surface area contributed by atoms with Gasteiger partial charge in [0.15, 0.2) is 0 Å². The van der Waals surface area contributed by atoms with Crippen LogP contribution in [0.5, 0.6) is 0 Å². The number of aryl methyl sites for hydroxylation is 1. The van der Waals surface area contributed by atoms with Crippen molar-refractivity contribution < 1.29 is 4.79 Å². The fourth-order valence-corrected chi connectivity index (χ4v) is 2.18. The van der Waals surface area contributed by atoms with Gasteiger partial charge in [0.25, 0.3) is 5.91 Å². The molecule has 0 radical (unpaired) electrons. The van der Waals surface area contributed by atoms with Crippen LogP contribution in [0, 0.1) is 6.92 Å². The van der Waals surface area contributed by atoms with Gasteiger partial charge in [-0.25, -0.2) is 9.97 Å². The smallest absolute Gasteiger partial charge is 0.274 e. The largest absolute Gasteiger partial charge is 0.368 e. The SMILES string of the molecule is CCC(C)Nc1cc(C(=O)Nc2ccc(Cl)c(Cl)c2)nc(C)n1. The molecule has 0 spiro atoms. The molecular weight excluding hydrogens is 335 g/mol. The highest BCUT2D eigenvalue weighted by atomic mass is 35.5. The number of carbonyl (C=O) groups is 1. The van der Waals surface area contributed by atoms with Crippen molar-refractivity contribution in [3.05, 3.63) is 45.8 Å². The van der Waals surface area contributed by atoms with Gasteiger partial charge in [-0.2, -0.15) is 0 Å². The first-order valence-corrected chi connectivity index (χ1v) is 8.03. The van der Waals surface area contributed by atoms with Crippen LogP contribution < -0.4 is 10.6 Å². The maximum atomic E-state index is 12.4. The standard InChI is InChI=1S/C16H18Cl2N4O/c1-4-9(2)19-15-8-14(20-10(3)21-15)16(23)22-11-5-6-12(17)13(18)7-11/h5-9H,4H2,1-3H3,(H,22,23)(H,19,20,21). The molecule has 1 aromatic heterocycles. The molecule has 23 heavy (non-hydrogen) atoms. The minimum absolute atomic E-state index is 0.260. The Morgan fingerprint density at radius 1 is 1.22 bits per heavy atom. The summed E-state index contributed by atoms with van der Waals surface area (Å²) >= 11 is 11.8. The molecule has 2 aromatic rings. The van der Waals surface area contributed by atoms with Crippen LogP contribution >= 0.6 is 23.2 Å². The number of halogens is 2. The van der Waals surface area contributed by atoms with Crippen molar-refractivity contribution in [1.82, 2.24) is 9.97 Å². The van der Waals surface area contributed by atoms with E-state index in [4.69, 9.17) is 23.2 Å². The first kappa shape index (κ1) is 17.5. The Morgan fingerprint density at radius 2 is 1.96 bits per heavy atom. The number of rotatable bonds is 5. The van der Waals surface area contributed by atoms with E-state index < -0.39 is 0 Å². The van der Waals surface area contributed by atoms with Gasteiger partial charge in [-0.05, 0) is 38.5 Å². The predicted molar refractivity (Wildman–Crippen MR) is 94.6 cm³/mol. The number of hydrogen-bond donors (Lipinski definition) is 2. The van der Waals surface area contributed by atoms with Crippen LogP contribution in [0.4, 0.5) is 11.5 Å². The molecule has 5 nitrogen and oxygen atoms in total. The summed E-state index contributed by atoms with van der Waals surface area (Å²) in [5.74, 6) is 0.824. The normalized spacial score (nSPS) is 11.9. The Balaban J connectivity index is 2.19. The lowest BCUT2D eigenvalue weighted by molar-refractivity contribution is 0.102. The fraction of sp³-hybridized carbons (Fsp3) is 0.312. The first-order valence-electron chi connectivity index (χ1n) is 7.27. The van der Waals surface area contributed by atoms with Crippen LogP contribution in [0.3, 0.4) is 0 Å². The number of amides is 1. The highest BCUT2D eigenvalue weighted by molar-refractivity contribution is 6.42. The van der Waals surface area contributed by atoms with Crippen molar-refractivity contribution in [1.29, 1.82) is 0 Å². The molecule has 0 bridgehead atoms. The zero-order valence-corrected chi connectivity index (χ0v) is 14.7. The third kappa shape index (κ3) is 4.81. The second-order valence-corrected chi connectivity index (χ2v) is 6.04. The summed E-state index contributed by atoms with van der Waals surface area (Å²) in [6, 6.07) is 6.79. The summed E-state index contributed by atoms with van der Waals surface area (Å²) in [5.41, 5.74) is 0.839. The summed E-state index contributed by atoms with van der Waals surface area (Å²) < 4.78 is 0. The van der Waals surface area contributed by atoms with E-state index in [0.717, 1.165) is 6.42 Å². The van der Waals surface area contributed by atoms with Crippen LogP contribution in [0.2, 0.25) is 10.0 Å². The Bertz CT molecular complexity index is 721. The lowest BCUT2D eigenvalue weighted by Gasteiger charge is -2.13. The molecule has 1 atom stereocenters. The van der Waals surface area contributed by atoms with Crippen molar-refractivity contribution in [2.75, 3.05) is 10.6 Å². The van der Waals surface area contributed by atoms with Crippen molar-refractivity contribution in [3.63, 3.8) is 0 Å². The van der Waals surface area contributed by atoms with Gasteiger partial charge < -0.3 is 10.6 Å². The van der Waals surface area contributed by atoms with Crippen molar-refractivity contribution in [2.24, 2.45) is 0 Å². The quantitative estimate of drug-likeness (QED) is 0.827. The molecular formula is C16H18Cl2N4O. The maximum absolute atomic E-state index is 12.4. The van der Waals surface area contributed by atoms with Gasteiger partial charge >= 0.3 is 0 Å². The molecule has 0 aliphatic rings. The van der Waals surface area contributed by atoms with Gasteiger partial charge in [0.2, 0.25) is 0 Å². The molecule has 2 N–H and O–H groups in total. The topological polar surface area (TPSA) is 66.9 Å². The van der Waals surface area contributed by atoms with E-state index in [9.17, 15) is 4.79 Å². The molecule has 0 aliphatic carbocycles. The van der Waals surface area contributed by atoms with E-state index >= 15 is 0 Å². The van der Waals surface area contributed by atoms with Gasteiger partial charge in [0, 0.05) is 17.8 Å². The monoisotopic (exact) mass is 352 g/mol. The lowest BCUT2D eigenvalue weighted by atomic mass is 10.2. The summed E-state index contributed by atoms with van der Waals surface area (Å²) in [7, 11) is 0. The molecule has 0 saturated carbocycles. The number of nitrogens with zero attached hydrogens (tertiary/aromatic N) is 2. The summed E-state index contributed by atoms with van der Waals surface area (Å²) in [5, 5.41) is 6.80. The minimum atomic E-state index is -0.332. The third-order valence-corrected chi connectivity index (χ3v) is 3.99. The average molecular weight is 353 g/mol. The molecule has 1 amide bonds. The molecule has 7 heteroatoms. The van der Waals surface area contributed by atoms with Gasteiger partial charge in [-0.15, -0.1) is 0 Å². The predicted octanol–water partition coefficient (Wildman–Crippen LogP) is 4.55. The number of aromatic nitrogens is 2. The maximum Gasteiger partial charge on any atom is 0.274 e. The van der Waals surface area contributed by atoms with E-state index in [1.807, 2.05) is 6.92 Å². The van der Waals surface area contributed by atoms with Gasteiger partial charge in [-0.1, -0.05) is 30.1 Å². The summed E-state index contributed by atoms with van der Waals surface area (Å²) in [6.45, 7) is 5.87. The van der Waals surface area contributed by atoms with Crippen molar-refractivity contribution in [2.45, 2.75) is 33.2 Å². The van der Waals surface area contributed by atoms with Gasteiger partial charge in [-0.3, -0.25) is 4.79 Å². The minimum Gasteiger partial charge on any atom is -0.368 e. The molecule has 1 heterocycles. The summed E-state index contributed by atoms with van der Waals surface area (Å²) in [6.07, 6.45) is 0.952. The molecule has 0 saturated heterocycles. The van der Waals surface area contributed by atoms with Gasteiger partial charge in [0.05, 0.1) is 10.0 Å². The van der Waals surface area contributed by atoms with E-state index in [2.05, 4.69) is 27.5 Å². The highest BCUT2D eigenvalue weighted by Crippen LogP contribution is 2.25. The third-order valence-electron chi connectivity index (χ3n) is 3.25. The van der Waals surface area contributed by atoms with Crippen LogP contribution in [-0.4, -0.2) is 21.9 Å². The number of hydrogen-bond acceptors (Lipinski definition) is 4. The molecule has 1 aromatic carbocycles. The highest BCUT2D eigenvalue weighted by Gasteiger charge is 2.12. The Labute approximate surface area is 145 Å². The lowest BCUT2D eigenvalue weighted by Crippen LogP contribution is -2.18. The molecule has 1 unspecified atom stereocenters. The summed E-state index contributed by atoms with van der Waals surface area (Å²) in [4.78, 5) is 20.8. The number of carbonyl (C=O) groups excluding carboxylic acids is 1. The molecule has 122 valence electrons. The Morgan fingerprint density at radius 3 is 2.61 bits per heavy atom. The molecule has 0 aliphatic heterocycles. The van der Waals surface area contributed by atoms with Crippen LogP contribution in [0.25, 0.3) is 0 Å². The zero-order chi connectivity index (χ0) is 17.0.